The highest BCUT2D eigenvalue weighted by Gasteiger charge is 2.43. The monoisotopic (exact) mass is 226 g/mol. The molecule has 1 aliphatic rings. The predicted octanol–water partition coefficient (Wildman–Crippen LogP) is 3.03. The van der Waals surface area contributed by atoms with Crippen LogP contribution >= 0.6 is 0 Å². The third-order valence-corrected chi connectivity index (χ3v) is 4.44. The molecule has 0 saturated heterocycles. The molecule has 0 aliphatic heterocycles. The van der Waals surface area contributed by atoms with Crippen LogP contribution in [0.15, 0.2) is 0 Å². The van der Waals surface area contributed by atoms with E-state index in [0.717, 1.165) is 0 Å². The van der Waals surface area contributed by atoms with Gasteiger partial charge in [0.1, 0.15) is 0 Å². The van der Waals surface area contributed by atoms with Gasteiger partial charge in [0.15, 0.2) is 0 Å². The van der Waals surface area contributed by atoms with Gasteiger partial charge in [0.05, 0.1) is 0 Å². The summed E-state index contributed by atoms with van der Waals surface area (Å²) in [6.07, 6.45) is 8.21. The largest absolute Gasteiger partial charge is 0.315 e. The van der Waals surface area contributed by atoms with Gasteiger partial charge in [0.2, 0.25) is 0 Å². The van der Waals surface area contributed by atoms with Crippen molar-refractivity contribution >= 4 is 0 Å². The van der Waals surface area contributed by atoms with E-state index in [1.165, 1.54) is 51.6 Å². The van der Waals surface area contributed by atoms with E-state index in [-0.39, 0.29) is 0 Å². The van der Waals surface area contributed by atoms with Crippen molar-refractivity contribution in [2.75, 3.05) is 20.1 Å². The molecule has 2 nitrogen and oxygen atoms in total. The molecule has 1 atom stereocenters. The zero-order valence-corrected chi connectivity index (χ0v) is 11.7. The summed E-state index contributed by atoms with van der Waals surface area (Å²) in [7, 11) is 2.14. The van der Waals surface area contributed by atoms with E-state index in [0.29, 0.717) is 11.6 Å². The minimum atomic E-state index is 0.453. The fourth-order valence-corrected chi connectivity index (χ4v) is 3.70. The first-order valence-electron chi connectivity index (χ1n) is 7.17. The van der Waals surface area contributed by atoms with Crippen LogP contribution in [0.4, 0.5) is 0 Å². The summed E-state index contributed by atoms with van der Waals surface area (Å²) < 4.78 is 0. The Hall–Kier alpha value is -0.0800. The quantitative estimate of drug-likeness (QED) is 0.718. The lowest BCUT2D eigenvalue weighted by Crippen LogP contribution is -2.59. The van der Waals surface area contributed by atoms with Crippen molar-refractivity contribution in [1.82, 2.24) is 10.2 Å². The van der Waals surface area contributed by atoms with Crippen LogP contribution in [0.25, 0.3) is 0 Å². The van der Waals surface area contributed by atoms with Crippen molar-refractivity contribution in [3.05, 3.63) is 0 Å². The van der Waals surface area contributed by atoms with E-state index >= 15 is 0 Å². The standard InChI is InChI=1S/C14H30N2/c1-5-10-13(15-4)14(11-8-9-12-14)16(6-2)7-3/h13,15H,5-12H2,1-4H3. The second-order valence-corrected chi connectivity index (χ2v) is 5.11. The third kappa shape index (κ3) is 2.60. The summed E-state index contributed by atoms with van der Waals surface area (Å²) in [5.74, 6) is 0. The lowest BCUT2D eigenvalue weighted by Gasteiger charge is -2.46. The first kappa shape index (κ1) is 14.0. The lowest BCUT2D eigenvalue weighted by atomic mass is 9.83. The number of likely N-dealkylation sites (N-methyl/N-ethyl adjacent to an activating group) is 2. The van der Waals surface area contributed by atoms with Gasteiger partial charge in [0, 0.05) is 11.6 Å². The van der Waals surface area contributed by atoms with E-state index in [1.807, 2.05) is 0 Å². The van der Waals surface area contributed by atoms with Gasteiger partial charge in [-0.2, -0.15) is 0 Å². The number of rotatable bonds is 7. The molecule has 1 unspecified atom stereocenters. The molecule has 1 fully saturated rings. The van der Waals surface area contributed by atoms with Crippen LogP contribution < -0.4 is 5.32 Å². The number of nitrogens with one attached hydrogen (secondary N) is 1. The van der Waals surface area contributed by atoms with Crippen molar-refractivity contribution in [2.45, 2.75) is 70.9 Å². The normalized spacial score (nSPS) is 21.6. The van der Waals surface area contributed by atoms with Crippen molar-refractivity contribution in [2.24, 2.45) is 0 Å². The first-order chi connectivity index (χ1) is 7.75. The van der Waals surface area contributed by atoms with E-state index in [4.69, 9.17) is 0 Å². The van der Waals surface area contributed by atoms with Gasteiger partial charge in [-0.25, -0.2) is 0 Å². The van der Waals surface area contributed by atoms with Crippen molar-refractivity contribution in [1.29, 1.82) is 0 Å². The van der Waals surface area contributed by atoms with Crippen LogP contribution in [0, 0.1) is 0 Å². The van der Waals surface area contributed by atoms with E-state index in [1.54, 1.807) is 0 Å². The van der Waals surface area contributed by atoms with Gasteiger partial charge in [0.25, 0.3) is 0 Å². The van der Waals surface area contributed by atoms with Crippen LogP contribution in [0.1, 0.15) is 59.3 Å². The molecule has 16 heavy (non-hydrogen) atoms. The Morgan fingerprint density at radius 3 is 2.06 bits per heavy atom. The molecule has 0 aromatic carbocycles. The Labute approximate surface area is 102 Å². The van der Waals surface area contributed by atoms with Gasteiger partial charge < -0.3 is 5.32 Å². The minimum Gasteiger partial charge on any atom is -0.315 e. The summed E-state index contributed by atoms with van der Waals surface area (Å²) in [5, 5.41) is 3.59. The second kappa shape index (κ2) is 6.61. The van der Waals surface area contributed by atoms with Gasteiger partial charge in [-0.3, -0.25) is 4.90 Å². The smallest absolute Gasteiger partial charge is 0.0362 e. The topological polar surface area (TPSA) is 15.3 Å². The van der Waals surface area contributed by atoms with Gasteiger partial charge >= 0.3 is 0 Å². The molecule has 1 aliphatic carbocycles. The number of hydrogen-bond donors (Lipinski definition) is 1. The van der Waals surface area contributed by atoms with Crippen LogP contribution in [-0.2, 0) is 0 Å². The maximum atomic E-state index is 3.59. The molecule has 0 amide bonds. The first-order valence-corrected chi connectivity index (χ1v) is 7.17. The van der Waals surface area contributed by atoms with Gasteiger partial charge in [-0.15, -0.1) is 0 Å². The van der Waals surface area contributed by atoms with E-state index in [2.05, 4.69) is 38.0 Å². The fraction of sp³-hybridized carbons (Fsp3) is 1.00. The van der Waals surface area contributed by atoms with E-state index in [9.17, 15) is 0 Å². The summed E-state index contributed by atoms with van der Waals surface area (Å²) in [6.45, 7) is 9.30. The highest BCUT2D eigenvalue weighted by atomic mass is 15.2. The average molecular weight is 226 g/mol. The molecule has 0 bridgehead atoms. The average Bonchev–Trinajstić information content (AvgIpc) is 2.78. The minimum absolute atomic E-state index is 0.453. The molecule has 1 saturated carbocycles. The van der Waals surface area contributed by atoms with Crippen molar-refractivity contribution < 1.29 is 0 Å². The zero-order chi connectivity index (χ0) is 12.0. The Morgan fingerprint density at radius 2 is 1.69 bits per heavy atom. The summed E-state index contributed by atoms with van der Waals surface area (Å²) in [4.78, 5) is 2.71. The van der Waals surface area contributed by atoms with Crippen LogP contribution in [0.2, 0.25) is 0 Å². The van der Waals surface area contributed by atoms with Gasteiger partial charge in [-0.05, 0) is 39.4 Å². The summed E-state index contributed by atoms with van der Waals surface area (Å²) >= 11 is 0. The summed E-state index contributed by atoms with van der Waals surface area (Å²) in [5.41, 5.74) is 0.453. The van der Waals surface area contributed by atoms with Crippen molar-refractivity contribution in [3.8, 4) is 0 Å². The van der Waals surface area contributed by atoms with Crippen molar-refractivity contribution in [3.63, 3.8) is 0 Å². The molecule has 0 heterocycles. The molecule has 0 spiro atoms. The maximum absolute atomic E-state index is 3.59. The fourth-order valence-electron chi connectivity index (χ4n) is 3.70. The maximum Gasteiger partial charge on any atom is 0.0362 e. The Morgan fingerprint density at radius 1 is 1.12 bits per heavy atom. The molecule has 0 aromatic heterocycles. The van der Waals surface area contributed by atoms with Gasteiger partial charge in [-0.1, -0.05) is 40.0 Å². The number of hydrogen-bond acceptors (Lipinski definition) is 2. The molecular weight excluding hydrogens is 196 g/mol. The Kier molecular flexibility index (Phi) is 5.77. The molecule has 96 valence electrons. The molecule has 1 N–H and O–H groups in total. The zero-order valence-electron chi connectivity index (χ0n) is 11.7. The van der Waals surface area contributed by atoms with E-state index < -0.39 is 0 Å². The SMILES string of the molecule is CCCC(NC)C1(N(CC)CC)CCCC1. The predicted molar refractivity (Wildman–Crippen MR) is 71.9 cm³/mol. The second-order valence-electron chi connectivity index (χ2n) is 5.11. The lowest BCUT2D eigenvalue weighted by molar-refractivity contribution is 0.0623. The highest BCUT2D eigenvalue weighted by Crippen LogP contribution is 2.39. The highest BCUT2D eigenvalue weighted by molar-refractivity contribution is 5.02. The van der Waals surface area contributed by atoms with Crippen LogP contribution in [0.5, 0.6) is 0 Å². The van der Waals surface area contributed by atoms with Crippen LogP contribution in [-0.4, -0.2) is 36.6 Å². The number of nitrogens with zero attached hydrogens (tertiary/aromatic N) is 1. The summed E-state index contributed by atoms with van der Waals surface area (Å²) in [6, 6.07) is 0.680. The van der Waals surface area contributed by atoms with Crippen LogP contribution in [0.3, 0.4) is 0 Å². The molecule has 2 heteroatoms. The molecule has 0 aromatic rings. The molecule has 0 radical (unpaired) electrons. The Bertz CT molecular complexity index is 181. The molecular formula is C14H30N2. The third-order valence-electron chi connectivity index (χ3n) is 4.44. The molecule has 1 rings (SSSR count). The Balaban J connectivity index is 2.84.